The van der Waals surface area contributed by atoms with E-state index in [2.05, 4.69) is 10.2 Å². The number of ether oxygens (including phenoxy) is 1. The lowest BCUT2D eigenvalue weighted by atomic mass is 9.90. The van der Waals surface area contributed by atoms with Crippen LogP contribution in [0.3, 0.4) is 0 Å². The summed E-state index contributed by atoms with van der Waals surface area (Å²) in [6, 6.07) is 0. The monoisotopic (exact) mass is 313 g/mol. The molecular weight excluding hydrogens is 289 g/mol. The molecule has 2 aliphatic heterocycles. The molecule has 5 nitrogen and oxygen atoms in total. The number of carbonyl (C=O) groups is 1. The summed E-state index contributed by atoms with van der Waals surface area (Å²) < 4.78 is 5.23. The number of rotatable bonds is 4. The molecule has 0 aliphatic carbocycles. The Labute approximate surface area is 127 Å². The minimum absolute atomic E-state index is 0. The van der Waals surface area contributed by atoms with Gasteiger partial charge in [-0.15, -0.1) is 24.8 Å². The third-order valence-electron chi connectivity index (χ3n) is 3.75. The molecule has 0 aromatic rings. The van der Waals surface area contributed by atoms with Crippen LogP contribution in [0.4, 0.5) is 0 Å². The Kier molecular flexibility index (Phi) is 8.94. The van der Waals surface area contributed by atoms with Gasteiger partial charge in [0.25, 0.3) is 0 Å². The van der Waals surface area contributed by atoms with Crippen LogP contribution in [0.25, 0.3) is 0 Å². The maximum atomic E-state index is 12.0. The number of nitrogens with zero attached hydrogens (tertiary/aromatic N) is 1. The summed E-state index contributed by atoms with van der Waals surface area (Å²) in [6.07, 6.45) is 3.82. The molecule has 2 saturated heterocycles. The third-order valence-corrected chi connectivity index (χ3v) is 3.75. The van der Waals surface area contributed by atoms with Crippen LogP contribution in [-0.2, 0) is 9.53 Å². The van der Waals surface area contributed by atoms with Gasteiger partial charge < -0.3 is 20.7 Å². The van der Waals surface area contributed by atoms with Crippen LogP contribution in [-0.4, -0.2) is 55.7 Å². The third kappa shape index (κ3) is 5.44. The van der Waals surface area contributed by atoms with Crippen molar-refractivity contribution in [3.05, 3.63) is 0 Å². The lowest BCUT2D eigenvalue weighted by molar-refractivity contribution is -0.129. The van der Waals surface area contributed by atoms with E-state index in [-0.39, 0.29) is 30.7 Å². The van der Waals surface area contributed by atoms with Gasteiger partial charge in [-0.25, -0.2) is 0 Å². The van der Waals surface area contributed by atoms with E-state index in [0.29, 0.717) is 32.6 Å². The molecule has 0 aromatic carbocycles. The molecule has 2 fully saturated rings. The van der Waals surface area contributed by atoms with Crippen molar-refractivity contribution >= 4 is 30.7 Å². The number of hydrogen-bond acceptors (Lipinski definition) is 4. The average Bonchev–Trinajstić information content (AvgIpc) is 2.83. The van der Waals surface area contributed by atoms with Crippen molar-refractivity contribution in [1.82, 2.24) is 10.2 Å². The Hall–Kier alpha value is -0.0700. The zero-order valence-electron chi connectivity index (χ0n) is 11.2. The predicted molar refractivity (Wildman–Crippen MR) is 80.2 cm³/mol. The molecule has 0 aromatic heterocycles. The van der Waals surface area contributed by atoms with E-state index in [1.807, 2.05) is 0 Å². The first-order valence-electron chi connectivity index (χ1n) is 6.58. The van der Waals surface area contributed by atoms with Gasteiger partial charge in [-0.1, -0.05) is 0 Å². The molecule has 3 N–H and O–H groups in total. The van der Waals surface area contributed by atoms with Crippen molar-refractivity contribution < 1.29 is 9.53 Å². The normalized spacial score (nSPS) is 22.2. The lowest BCUT2D eigenvalue weighted by Gasteiger charge is -2.32. The van der Waals surface area contributed by atoms with Crippen molar-refractivity contribution in [3.8, 4) is 0 Å². The van der Waals surface area contributed by atoms with Crippen LogP contribution >= 0.6 is 24.8 Å². The number of nitrogens with two attached hydrogens (primary N) is 1. The van der Waals surface area contributed by atoms with Gasteiger partial charge in [0, 0.05) is 26.3 Å². The first-order chi connectivity index (χ1) is 8.21. The summed E-state index contributed by atoms with van der Waals surface area (Å²) in [5, 5.41) is 2.96. The molecule has 1 amide bonds. The minimum Gasteiger partial charge on any atom is -0.381 e. The largest absolute Gasteiger partial charge is 0.381 e. The van der Waals surface area contributed by atoms with E-state index in [1.165, 1.54) is 12.8 Å². The average molecular weight is 314 g/mol. The van der Waals surface area contributed by atoms with E-state index in [9.17, 15) is 4.79 Å². The SMILES string of the molecule is Cl.Cl.NC1(C(=O)NCCN2CCCC2)CCOCC1. The zero-order valence-corrected chi connectivity index (χ0v) is 12.9. The van der Waals surface area contributed by atoms with Gasteiger partial charge in [0.05, 0.1) is 5.54 Å². The van der Waals surface area contributed by atoms with Gasteiger partial charge in [0.2, 0.25) is 5.91 Å². The Morgan fingerprint density at radius 1 is 1.21 bits per heavy atom. The van der Waals surface area contributed by atoms with Crippen LogP contribution in [0.1, 0.15) is 25.7 Å². The first-order valence-corrected chi connectivity index (χ1v) is 6.58. The van der Waals surface area contributed by atoms with E-state index in [1.54, 1.807) is 0 Å². The summed E-state index contributed by atoms with van der Waals surface area (Å²) in [7, 11) is 0. The van der Waals surface area contributed by atoms with Crippen LogP contribution in [0.2, 0.25) is 0 Å². The highest BCUT2D eigenvalue weighted by molar-refractivity contribution is 5.86. The number of likely N-dealkylation sites (tertiary alicyclic amines) is 1. The van der Waals surface area contributed by atoms with Gasteiger partial charge in [-0.3, -0.25) is 4.79 Å². The highest BCUT2D eigenvalue weighted by Crippen LogP contribution is 2.17. The second-order valence-electron chi connectivity index (χ2n) is 5.07. The maximum absolute atomic E-state index is 12.0. The molecule has 2 aliphatic rings. The van der Waals surface area contributed by atoms with Crippen LogP contribution in [0.15, 0.2) is 0 Å². The molecule has 2 heterocycles. The van der Waals surface area contributed by atoms with Crippen LogP contribution in [0.5, 0.6) is 0 Å². The fourth-order valence-corrected chi connectivity index (χ4v) is 2.47. The van der Waals surface area contributed by atoms with E-state index >= 15 is 0 Å². The number of halogens is 2. The summed E-state index contributed by atoms with van der Waals surface area (Å²) in [6.45, 7) is 5.16. The molecular formula is C12H25Cl2N3O2. The molecule has 0 unspecified atom stereocenters. The van der Waals surface area contributed by atoms with Gasteiger partial charge in [-0.2, -0.15) is 0 Å². The van der Waals surface area contributed by atoms with Crippen molar-refractivity contribution in [1.29, 1.82) is 0 Å². The topological polar surface area (TPSA) is 67.6 Å². The summed E-state index contributed by atoms with van der Waals surface area (Å²) >= 11 is 0. The standard InChI is InChI=1S/C12H23N3O2.2ClH/c13-12(3-9-17-10-4-12)11(16)14-5-8-15-6-1-2-7-15;;/h1-10,13H2,(H,14,16);2*1H. The van der Waals surface area contributed by atoms with Crippen LogP contribution < -0.4 is 11.1 Å². The molecule has 2 rings (SSSR count). The van der Waals surface area contributed by atoms with Crippen molar-refractivity contribution in [2.75, 3.05) is 39.4 Å². The molecule has 0 saturated carbocycles. The van der Waals surface area contributed by atoms with Gasteiger partial charge in [0.1, 0.15) is 0 Å². The predicted octanol–water partition coefficient (Wildman–Crippen LogP) is 0.550. The second kappa shape index (κ2) is 8.97. The van der Waals surface area contributed by atoms with E-state index < -0.39 is 5.54 Å². The summed E-state index contributed by atoms with van der Waals surface area (Å²) in [4.78, 5) is 14.4. The van der Waals surface area contributed by atoms with Gasteiger partial charge in [-0.05, 0) is 38.8 Å². The summed E-state index contributed by atoms with van der Waals surface area (Å²) in [5.41, 5.74) is 5.39. The highest BCUT2D eigenvalue weighted by Gasteiger charge is 2.35. The Morgan fingerprint density at radius 2 is 1.79 bits per heavy atom. The maximum Gasteiger partial charge on any atom is 0.240 e. The number of nitrogens with one attached hydrogen (secondary N) is 1. The van der Waals surface area contributed by atoms with Crippen molar-refractivity contribution in [2.45, 2.75) is 31.2 Å². The number of amides is 1. The Morgan fingerprint density at radius 3 is 2.37 bits per heavy atom. The van der Waals surface area contributed by atoms with Gasteiger partial charge in [0.15, 0.2) is 0 Å². The van der Waals surface area contributed by atoms with E-state index in [4.69, 9.17) is 10.5 Å². The molecule has 0 bridgehead atoms. The fourth-order valence-electron chi connectivity index (χ4n) is 2.47. The fraction of sp³-hybridized carbons (Fsp3) is 0.917. The molecule has 7 heteroatoms. The van der Waals surface area contributed by atoms with E-state index in [0.717, 1.165) is 19.6 Å². The highest BCUT2D eigenvalue weighted by atomic mass is 35.5. The molecule has 19 heavy (non-hydrogen) atoms. The first kappa shape index (κ1) is 18.9. The molecule has 114 valence electrons. The smallest absolute Gasteiger partial charge is 0.240 e. The van der Waals surface area contributed by atoms with Gasteiger partial charge >= 0.3 is 0 Å². The summed E-state index contributed by atoms with van der Waals surface area (Å²) in [5.74, 6) is -0.0139. The number of hydrogen-bond donors (Lipinski definition) is 2. The van der Waals surface area contributed by atoms with Crippen molar-refractivity contribution in [3.63, 3.8) is 0 Å². The second-order valence-corrected chi connectivity index (χ2v) is 5.07. The quantitative estimate of drug-likeness (QED) is 0.795. The molecule has 0 atom stereocenters. The zero-order chi connectivity index (χ0) is 12.1. The molecule has 0 radical (unpaired) electrons. The Bertz CT molecular complexity index is 268. The lowest BCUT2D eigenvalue weighted by Crippen LogP contribution is -2.57. The van der Waals surface area contributed by atoms with Crippen LogP contribution in [0, 0.1) is 0 Å². The molecule has 0 spiro atoms. The Balaban J connectivity index is 0.00000162. The minimum atomic E-state index is -0.705. The van der Waals surface area contributed by atoms with Crippen molar-refractivity contribution in [2.24, 2.45) is 5.73 Å². The number of carbonyl (C=O) groups excluding carboxylic acids is 1.